The number of fused-ring (bicyclic) bond motifs is 2. The van der Waals surface area contributed by atoms with E-state index in [-0.39, 0.29) is 12.5 Å². The minimum absolute atomic E-state index is 0.338. The molecule has 138 valence electrons. The van der Waals surface area contributed by atoms with Crippen LogP contribution in [0.1, 0.15) is 34.8 Å². The third-order valence-corrected chi connectivity index (χ3v) is 4.77. The number of rotatable bonds is 5. The second-order valence-corrected chi connectivity index (χ2v) is 6.57. The first-order valence-electron chi connectivity index (χ1n) is 9.06. The number of anilines is 1. The molecule has 1 heterocycles. The second-order valence-electron chi connectivity index (χ2n) is 6.57. The molecule has 1 aliphatic carbocycles. The van der Waals surface area contributed by atoms with Crippen molar-refractivity contribution in [2.24, 2.45) is 0 Å². The van der Waals surface area contributed by atoms with Crippen LogP contribution in [0.2, 0.25) is 0 Å². The number of carbonyl (C=O) groups is 2. The topological polar surface area (TPSA) is 86.1 Å². The Hall–Kier alpha value is -3.22. The number of nitrogens with one attached hydrogen (secondary N) is 1. The van der Waals surface area contributed by atoms with Crippen molar-refractivity contribution in [3.8, 4) is 0 Å². The number of esters is 1. The first kappa shape index (κ1) is 17.2. The van der Waals surface area contributed by atoms with E-state index >= 15 is 0 Å². The van der Waals surface area contributed by atoms with Crippen molar-refractivity contribution in [2.75, 3.05) is 11.9 Å². The van der Waals surface area contributed by atoms with Gasteiger partial charge in [-0.2, -0.15) is 0 Å². The van der Waals surface area contributed by atoms with Gasteiger partial charge in [-0.3, -0.25) is 4.79 Å². The predicted molar refractivity (Wildman–Crippen MR) is 101 cm³/mol. The maximum atomic E-state index is 12.2. The molecule has 0 bridgehead atoms. The molecule has 4 rings (SSSR count). The Kier molecular flexibility index (Phi) is 4.58. The molecule has 0 aliphatic heterocycles. The van der Waals surface area contributed by atoms with Crippen molar-refractivity contribution in [3.63, 3.8) is 0 Å². The Labute approximate surface area is 156 Å². The SMILES string of the molecule is CCn1nnc2cc(C(=O)OCC(=O)Nc3ccc4c(c3)CCC4)ccc21. The van der Waals surface area contributed by atoms with Crippen molar-refractivity contribution in [1.29, 1.82) is 0 Å². The quantitative estimate of drug-likeness (QED) is 0.704. The van der Waals surface area contributed by atoms with Gasteiger partial charge in [-0.1, -0.05) is 11.3 Å². The van der Waals surface area contributed by atoms with Gasteiger partial charge in [0.25, 0.3) is 5.91 Å². The summed E-state index contributed by atoms with van der Waals surface area (Å²) in [5.74, 6) is -0.925. The lowest BCUT2D eigenvalue weighted by atomic mass is 10.1. The number of carbonyl (C=O) groups excluding carboxylic acids is 2. The summed E-state index contributed by atoms with van der Waals surface area (Å²) < 4.78 is 6.88. The molecule has 27 heavy (non-hydrogen) atoms. The summed E-state index contributed by atoms with van der Waals surface area (Å²) >= 11 is 0. The molecule has 0 saturated heterocycles. The van der Waals surface area contributed by atoms with Crippen LogP contribution in [-0.2, 0) is 28.9 Å². The summed E-state index contributed by atoms with van der Waals surface area (Å²) in [6.07, 6.45) is 3.29. The number of nitrogens with zero attached hydrogens (tertiary/aromatic N) is 3. The molecule has 0 saturated carbocycles. The third kappa shape index (κ3) is 3.53. The van der Waals surface area contributed by atoms with Gasteiger partial charge in [0.1, 0.15) is 5.52 Å². The van der Waals surface area contributed by atoms with Crippen molar-refractivity contribution < 1.29 is 14.3 Å². The fourth-order valence-electron chi connectivity index (χ4n) is 3.39. The molecule has 0 unspecified atom stereocenters. The van der Waals surface area contributed by atoms with E-state index < -0.39 is 5.97 Å². The summed E-state index contributed by atoms with van der Waals surface area (Å²) in [5.41, 5.74) is 5.16. The summed E-state index contributed by atoms with van der Waals surface area (Å²) in [6, 6.07) is 11.0. The normalized spacial score (nSPS) is 12.8. The molecule has 7 nitrogen and oxygen atoms in total. The minimum Gasteiger partial charge on any atom is -0.452 e. The largest absolute Gasteiger partial charge is 0.452 e. The molecule has 1 aliphatic rings. The molecule has 0 radical (unpaired) electrons. The van der Waals surface area contributed by atoms with E-state index in [1.54, 1.807) is 22.9 Å². The van der Waals surface area contributed by atoms with Crippen LogP contribution in [0, 0.1) is 0 Å². The molecule has 1 N–H and O–H groups in total. The van der Waals surface area contributed by atoms with Gasteiger partial charge in [-0.25, -0.2) is 9.48 Å². The zero-order chi connectivity index (χ0) is 18.8. The van der Waals surface area contributed by atoms with Gasteiger partial charge in [-0.05, 0) is 67.6 Å². The van der Waals surface area contributed by atoms with Gasteiger partial charge in [-0.15, -0.1) is 5.10 Å². The highest BCUT2D eigenvalue weighted by atomic mass is 16.5. The maximum Gasteiger partial charge on any atom is 0.338 e. The molecular formula is C20H20N4O3. The molecule has 1 aromatic heterocycles. The van der Waals surface area contributed by atoms with E-state index in [9.17, 15) is 9.59 Å². The molecule has 0 atom stereocenters. The van der Waals surface area contributed by atoms with E-state index in [1.807, 2.05) is 25.1 Å². The van der Waals surface area contributed by atoms with Gasteiger partial charge in [0, 0.05) is 12.2 Å². The Morgan fingerprint density at radius 3 is 2.85 bits per heavy atom. The van der Waals surface area contributed by atoms with Crippen LogP contribution < -0.4 is 5.32 Å². The van der Waals surface area contributed by atoms with Gasteiger partial charge in [0.2, 0.25) is 0 Å². The van der Waals surface area contributed by atoms with Gasteiger partial charge in [0.05, 0.1) is 11.1 Å². The average molecular weight is 364 g/mol. The lowest BCUT2D eigenvalue weighted by Crippen LogP contribution is -2.21. The van der Waals surface area contributed by atoms with E-state index in [4.69, 9.17) is 4.74 Å². The van der Waals surface area contributed by atoms with Gasteiger partial charge >= 0.3 is 5.97 Å². The van der Waals surface area contributed by atoms with E-state index in [0.717, 1.165) is 30.5 Å². The summed E-state index contributed by atoms with van der Waals surface area (Å²) in [7, 11) is 0. The number of amides is 1. The number of hydrogen-bond donors (Lipinski definition) is 1. The van der Waals surface area contributed by atoms with Crippen molar-refractivity contribution in [2.45, 2.75) is 32.7 Å². The average Bonchev–Trinajstić information content (AvgIpc) is 3.31. The Morgan fingerprint density at radius 1 is 1.15 bits per heavy atom. The Morgan fingerprint density at radius 2 is 2.00 bits per heavy atom. The summed E-state index contributed by atoms with van der Waals surface area (Å²) in [5, 5.41) is 10.8. The smallest absolute Gasteiger partial charge is 0.338 e. The predicted octanol–water partition coefficient (Wildman–Crippen LogP) is 2.74. The Bertz CT molecular complexity index is 1030. The first-order chi connectivity index (χ1) is 13.1. The number of benzene rings is 2. The van der Waals surface area contributed by atoms with Gasteiger partial charge in [0.15, 0.2) is 6.61 Å². The molecule has 0 fully saturated rings. The summed E-state index contributed by atoms with van der Waals surface area (Å²) in [4.78, 5) is 24.3. The number of aryl methyl sites for hydroxylation is 3. The summed E-state index contributed by atoms with van der Waals surface area (Å²) in [6.45, 7) is 2.33. The van der Waals surface area contributed by atoms with Crippen molar-refractivity contribution >= 4 is 28.6 Å². The zero-order valence-electron chi connectivity index (χ0n) is 15.1. The van der Waals surface area contributed by atoms with E-state index in [1.165, 1.54) is 11.1 Å². The lowest BCUT2D eigenvalue weighted by Gasteiger charge is -2.08. The number of hydrogen-bond acceptors (Lipinski definition) is 5. The molecule has 3 aromatic rings. The Balaban J connectivity index is 1.36. The van der Waals surface area contributed by atoms with Crippen molar-refractivity contribution in [1.82, 2.24) is 15.0 Å². The van der Waals surface area contributed by atoms with Crippen LogP contribution in [0.15, 0.2) is 36.4 Å². The fraction of sp³-hybridized carbons (Fsp3) is 0.300. The number of aromatic nitrogens is 3. The van der Waals surface area contributed by atoms with Crippen LogP contribution in [0.25, 0.3) is 11.0 Å². The highest BCUT2D eigenvalue weighted by Crippen LogP contribution is 2.24. The standard InChI is InChI=1S/C20H20N4O3/c1-2-24-18-9-7-15(11-17(18)22-23-24)20(26)27-12-19(25)21-16-8-6-13-4-3-5-14(13)10-16/h6-11H,2-5,12H2,1H3,(H,21,25). The van der Waals surface area contributed by atoms with E-state index in [0.29, 0.717) is 17.6 Å². The molecule has 1 amide bonds. The van der Waals surface area contributed by atoms with Crippen LogP contribution in [0.3, 0.4) is 0 Å². The fourth-order valence-corrected chi connectivity index (χ4v) is 3.39. The lowest BCUT2D eigenvalue weighted by molar-refractivity contribution is -0.119. The van der Waals surface area contributed by atoms with Gasteiger partial charge < -0.3 is 10.1 Å². The third-order valence-electron chi connectivity index (χ3n) is 4.77. The second kappa shape index (κ2) is 7.19. The molecule has 0 spiro atoms. The van der Waals surface area contributed by atoms with Crippen LogP contribution in [0.4, 0.5) is 5.69 Å². The van der Waals surface area contributed by atoms with Crippen LogP contribution in [0.5, 0.6) is 0 Å². The number of ether oxygens (including phenoxy) is 1. The maximum absolute atomic E-state index is 12.2. The zero-order valence-corrected chi connectivity index (χ0v) is 15.1. The van der Waals surface area contributed by atoms with Crippen LogP contribution >= 0.6 is 0 Å². The molecular weight excluding hydrogens is 344 g/mol. The van der Waals surface area contributed by atoms with Crippen molar-refractivity contribution in [3.05, 3.63) is 53.1 Å². The minimum atomic E-state index is -0.563. The molecule has 2 aromatic carbocycles. The first-order valence-corrected chi connectivity index (χ1v) is 9.06. The van der Waals surface area contributed by atoms with E-state index in [2.05, 4.69) is 15.6 Å². The highest BCUT2D eigenvalue weighted by molar-refractivity contribution is 5.97. The molecule has 7 heteroatoms. The highest BCUT2D eigenvalue weighted by Gasteiger charge is 2.14. The monoisotopic (exact) mass is 364 g/mol. The van der Waals surface area contributed by atoms with Crippen LogP contribution in [-0.4, -0.2) is 33.5 Å².